The standard InChI is InChI=1S/C18H18N4O2/c1-2-8-15(13-6-4-3-5-7-13)16(11-19)14(21)22-18(17(15,16)12-20)23-9-10-24-18/h3-7H,2,8-10H2,1H3,(H2,21,22)/p+1/t15-,16-,17+/m0/s1. The third-order valence-electron chi connectivity index (χ3n) is 5.90. The third kappa shape index (κ3) is 1.18. The van der Waals surface area contributed by atoms with Gasteiger partial charge in [0.05, 0.1) is 30.8 Å². The van der Waals surface area contributed by atoms with Crippen LogP contribution >= 0.6 is 0 Å². The second-order valence-electron chi connectivity index (χ2n) is 6.60. The Morgan fingerprint density at radius 1 is 1.17 bits per heavy atom. The van der Waals surface area contributed by atoms with Gasteiger partial charge in [0, 0.05) is 0 Å². The topological polar surface area (TPSA) is 106 Å². The monoisotopic (exact) mass is 323 g/mol. The van der Waals surface area contributed by atoms with E-state index >= 15 is 0 Å². The van der Waals surface area contributed by atoms with Crippen molar-refractivity contribution in [3.63, 3.8) is 0 Å². The van der Waals surface area contributed by atoms with Crippen molar-refractivity contribution in [2.24, 2.45) is 16.6 Å². The van der Waals surface area contributed by atoms with Crippen LogP contribution in [0.2, 0.25) is 0 Å². The van der Waals surface area contributed by atoms with E-state index in [1.54, 1.807) is 0 Å². The van der Waals surface area contributed by atoms with Gasteiger partial charge in [-0.15, -0.1) is 0 Å². The van der Waals surface area contributed by atoms with E-state index < -0.39 is 22.2 Å². The zero-order valence-corrected chi connectivity index (χ0v) is 13.5. The molecule has 1 aliphatic carbocycles. The van der Waals surface area contributed by atoms with Crippen LogP contribution in [0.25, 0.3) is 0 Å². The molecule has 0 radical (unpaired) electrons. The molecule has 6 nitrogen and oxygen atoms in total. The van der Waals surface area contributed by atoms with E-state index in [0.717, 1.165) is 12.0 Å². The van der Waals surface area contributed by atoms with Gasteiger partial charge in [-0.1, -0.05) is 43.7 Å². The van der Waals surface area contributed by atoms with Gasteiger partial charge in [0.15, 0.2) is 10.8 Å². The summed E-state index contributed by atoms with van der Waals surface area (Å²) in [5, 5.41) is 20.4. The minimum absolute atomic E-state index is 0.269. The van der Waals surface area contributed by atoms with Crippen molar-refractivity contribution >= 4 is 5.84 Å². The normalized spacial score (nSPS) is 38.2. The average Bonchev–Trinajstić information content (AvgIpc) is 2.85. The first-order valence-electron chi connectivity index (χ1n) is 8.19. The number of amidine groups is 1. The maximum absolute atomic E-state index is 10.3. The third-order valence-corrected chi connectivity index (χ3v) is 5.90. The highest BCUT2D eigenvalue weighted by Crippen LogP contribution is 2.84. The van der Waals surface area contributed by atoms with Crippen molar-refractivity contribution in [2.75, 3.05) is 13.2 Å². The molecule has 1 saturated heterocycles. The molecular formula is C18H19N4O2+. The Morgan fingerprint density at radius 2 is 1.83 bits per heavy atom. The Hall–Kier alpha value is -2.41. The summed E-state index contributed by atoms with van der Waals surface area (Å²) in [5.74, 6) is -1.09. The molecule has 6 heteroatoms. The zero-order chi connectivity index (χ0) is 17.1. The van der Waals surface area contributed by atoms with Crippen LogP contribution in [0.15, 0.2) is 30.3 Å². The van der Waals surface area contributed by atoms with Gasteiger partial charge >= 0.3 is 5.91 Å². The number of ether oxygens (including phenoxy) is 2. The number of benzene rings is 1. The lowest BCUT2D eigenvalue weighted by Gasteiger charge is -2.29. The summed E-state index contributed by atoms with van der Waals surface area (Å²) >= 11 is 0. The number of hydrogen-bond acceptors (Lipinski definition) is 5. The lowest BCUT2D eigenvalue weighted by atomic mass is 9.79. The van der Waals surface area contributed by atoms with Gasteiger partial charge in [-0.3, -0.25) is 5.73 Å². The van der Waals surface area contributed by atoms with Crippen molar-refractivity contribution < 1.29 is 14.5 Å². The summed E-state index contributed by atoms with van der Waals surface area (Å²) in [7, 11) is 0. The minimum Gasteiger partial charge on any atom is -0.311 e. The van der Waals surface area contributed by atoms with Crippen LogP contribution in [0.4, 0.5) is 0 Å². The van der Waals surface area contributed by atoms with Gasteiger partial charge in [-0.2, -0.15) is 10.5 Å². The Labute approximate surface area is 140 Å². The molecule has 3 aliphatic rings. The Morgan fingerprint density at radius 3 is 2.38 bits per heavy atom. The van der Waals surface area contributed by atoms with Gasteiger partial charge in [0.1, 0.15) is 0 Å². The van der Waals surface area contributed by atoms with E-state index in [-0.39, 0.29) is 5.84 Å². The zero-order valence-electron chi connectivity index (χ0n) is 13.5. The molecule has 122 valence electrons. The second-order valence-corrected chi connectivity index (χ2v) is 6.60. The minimum atomic E-state index is -1.35. The fourth-order valence-electron chi connectivity index (χ4n) is 5.20. The van der Waals surface area contributed by atoms with Gasteiger partial charge < -0.3 is 9.47 Å². The number of fused-ring (bicyclic) bond motifs is 2. The van der Waals surface area contributed by atoms with E-state index in [1.165, 1.54) is 0 Å². The number of nitrogens with two attached hydrogens (primary N) is 1. The molecule has 24 heavy (non-hydrogen) atoms. The predicted octanol–water partition coefficient (Wildman–Crippen LogP) is -0.0899. The quantitative estimate of drug-likeness (QED) is 0.808. The van der Waals surface area contributed by atoms with Crippen molar-refractivity contribution in [3.8, 4) is 12.1 Å². The average molecular weight is 323 g/mol. The highest BCUT2D eigenvalue weighted by Gasteiger charge is 3.04. The number of nitrogens with one attached hydrogen (secondary N) is 1. The van der Waals surface area contributed by atoms with Crippen LogP contribution in [-0.2, 0) is 14.9 Å². The first-order chi connectivity index (χ1) is 11.6. The summed E-state index contributed by atoms with van der Waals surface area (Å²) in [6, 6.07) is 14.5. The molecule has 1 saturated carbocycles. The molecule has 2 fully saturated rings. The molecule has 3 atom stereocenters. The first-order valence-corrected chi connectivity index (χ1v) is 8.19. The molecule has 1 aromatic rings. The Bertz CT molecular complexity index is 803. The fourth-order valence-corrected chi connectivity index (χ4v) is 5.20. The van der Waals surface area contributed by atoms with Crippen LogP contribution in [0.1, 0.15) is 25.3 Å². The van der Waals surface area contributed by atoms with Crippen LogP contribution in [0.5, 0.6) is 0 Å². The van der Waals surface area contributed by atoms with E-state index in [2.05, 4.69) is 17.1 Å². The summed E-state index contributed by atoms with van der Waals surface area (Å²) < 4.78 is 11.7. The molecule has 0 unspecified atom stereocenters. The molecule has 1 aromatic carbocycles. The second kappa shape index (κ2) is 4.57. The molecule has 2 heterocycles. The van der Waals surface area contributed by atoms with Crippen LogP contribution < -0.4 is 10.7 Å². The number of nitriles is 2. The SMILES string of the molecule is CCC[C@]1(c2ccccc2)[C@]2(C#N)C(N)=[NH+]C3(OCCO3)[C@@]21C#N. The highest BCUT2D eigenvalue weighted by atomic mass is 16.8. The van der Waals surface area contributed by atoms with Crippen molar-refractivity contribution in [2.45, 2.75) is 31.1 Å². The lowest BCUT2D eigenvalue weighted by molar-refractivity contribution is -0.677. The van der Waals surface area contributed by atoms with E-state index in [0.29, 0.717) is 19.6 Å². The fraction of sp³-hybridized carbons (Fsp3) is 0.500. The molecule has 4 rings (SSSR count). The van der Waals surface area contributed by atoms with Gasteiger partial charge in [0.2, 0.25) is 0 Å². The summed E-state index contributed by atoms with van der Waals surface area (Å²) in [5.41, 5.74) is 4.09. The molecule has 3 N–H and O–H groups in total. The van der Waals surface area contributed by atoms with Crippen molar-refractivity contribution in [3.05, 3.63) is 35.9 Å². The van der Waals surface area contributed by atoms with Crippen molar-refractivity contribution in [1.82, 2.24) is 0 Å². The Balaban J connectivity index is 2.05. The van der Waals surface area contributed by atoms with E-state index in [9.17, 15) is 10.5 Å². The van der Waals surface area contributed by atoms with Gasteiger partial charge in [-0.05, 0) is 12.0 Å². The summed E-state index contributed by atoms with van der Waals surface area (Å²) in [6.07, 6.45) is 1.46. The van der Waals surface area contributed by atoms with Crippen LogP contribution in [-0.4, -0.2) is 25.0 Å². The van der Waals surface area contributed by atoms with E-state index in [1.807, 2.05) is 37.3 Å². The number of rotatable bonds is 3. The largest absolute Gasteiger partial charge is 0.343 e. The summed E-state index contributed by atoms with van der Waals surface area (Å²) in [4.78, 5) is 3.00. The smallest absolute Gasteiger partial charge is 0.311 e. The number of nitrogens with zero attached hydrogens (tertiary/aromatic N) is 2. The molecular weight excluding hydrogens is 304 g/mol. The molecule has 0 aromatic heterocycles. The summed E-state index contributed by atoms with van der Waals surface area (Å²) in [6.45, 7) is 2.77. The first kappa shape index (κ1) is 15.1. The van der Waals surface area contributed by atoms with E-state index in [4.69, 9.17) is 15.2 Å². The van der Waals surface area contributed by atoms with Gasteiger partial charge in [-0.25, -0.2) is 4.99 Å². The maximum atomic E-state index is 10.3. The highest BCUT2D eigenvalue weighted by molar-refractivity contribution is 5.97. The van der Waals surface area contributed by atoms with Crippen LogP contribution in [0.3, 0.4) is 0 Å². The maximum Gasteiger partial charge on any atom is 0.343 e. The van der Waals surface area contributed by atoms with Crippen LogP contribution in [0, 0.1) is 33.5 Å². The molecule has 0 amide bonds. The number of hydrogen-bond donors (Lipinski definition) is 2. The Kier molecular flexibility index (Phi) is 2.88. The predicted molar refractivity (Wildman–Crippen MR) is 83.9 cm³/mol. The van der Waals surface area contributed by atoms with Crippen molar-refractivity contribution in [1.29, 1.82) is 10.5 Å². The molecule has 1 spiro atoms. The van der Waals surface area contributed by atoms with Gasteiger partial charge in [0.25, 0.3) is 5.84 Å². The molecule has 2 aliphatic heterocycles. The molecule has 0 bridgehead atoms. The lowest BCUT2D eigenvalue weighted by Crippen LogP contribution is -2.90.